The Hall–Kier alpha value is -0.860. The predicted molar refractivity (Wildman–Crippen MR) is 39.1 cm³/mol. The van der Waals surface area contributed by atoms with E-state index in [2.05, 4.69) is 13.8 Å². The van der Waals surface area contributed by atoms with Gasteiger partial charge in [0.25, 0.3) is 0 Å². The molecule has 0 saturated carbocycles. The minimum Gasteiger partial charge on any atom is -0.324 e. The minimum atomic E-state index is 0.508. The van der Waals surface area contributed by atoms with E-state index in [1.54, 1.807) is 0 Å². The van der Waals surface area contributed by atoms with Gasteiger partial charge in [0, 0.05) is 6.54 Å². The van der Waals surface area contributed by atoms with Gasteiger partial charge in [0.15, 0.2) is 0 Å². The summed E-state index contributed by atoms with van der Waals surface area (Å²) in [4.78, 5) is 1.53. The van der Waals surface area contributed by atoms with Crippen molar-refractivity contribution >= 4 is 12.7 Å². The number of hydrogen-bond donors (Lipinski definition) is 2. The van der Waals surface area contributed by atoms with Crippen LogP contribution in [0.2, 0.25) is 0 Å². The fraction of sp³-hybridized carbons (Fsp3) is 0.667. The minimum absolute atomic E-state index is 0.508. The highest BCUT2D eigenvalue weighted by molar-refractivity contribution is 5.71. The molecule has 0 aliphatic rings. The summed E-state index contributed by atoms with van der Waals surface area (Å²) < 4.78 is 0. The molecule has 0 aliphatic carbocycles. The van der Waals surface area contributed by atoms with Crippen LogP contribution in [0.3, 0.4) is 0 Å². The molecule has 0 saturated heterocycles. The van der Waals surface area contributed by atoms with Crippen LogP contribution in [0, 0.1) is 16.7 Å². The zero-order valence-electron chi connectivity index (χ0n) is 5.89. The molecule has 52 valence electrons. The lowest BCUT2D eigenvalue weighted by atomic mass is 10.2. The van der Waals surface area contributed by atoms with Crippen LogP contribution >= 0.6 is 0 Å². The zero-order chi connectivity index (χ0) is 7.28. The summed E-state index contributed by atoms with van der Waals surface area (Å²) in [6.07, 6.45) is 2.32. The lowest BCUT2D eigenvalue weighted by Crippen LogP contribution is -2.23. The van der Waals surface area contributed by atoms with Crippen molar-refractivity contribution < 1.29 is 0 Å². The topological polar surface area (TPSA) is 50.9 Å². The molecule has 2 N–H and O–H groups in total. The van der Waals surface area contributed by atoms with E-state index in [0.29, 0.717) is 5.92 Å². The van der Waals surface area contributed by atoms with E-state index < -0.39 is 0 Å². The van der Waals surface area contributed by atoms with E-state index in [9.17, 15) is 0 Å². The second-order valence-electron chi connectivity index (χ2n) is 2.35. The Kier molecular flexibility index (Phi) is 3.67. The van der Waals surface area contributed by atoms with Crippen LogP contribution in [0.1, 0.15) is 13.8 Å². The van der Waals surface area contributed by atoms with Crippen molar-refractivity contribution in [2.45, 2.75) is 13.8 Å². The molecule has 9 heavy (non-hydrogen) atoms. The maximum Gasteiger partial charge on any atom is 0.0868 e. The molecule has 0 aliphatic heterocycles. The molecule has 0 radical (unpaired) electrons. The van der Waals surface area contributed by atoms with Gasteiger partial charge in [0.05, 0.1) is 12.7 Å². The fourth-order valence-corrected chi connectivity index (χ4v) is 0.564. The second kappa shape index (κ2) is 4.06. The smallest absolute Gasteiger partial charge is 0.0868 e. The first-order valence-corrected chi connectivity index (χ1v) is 2.97. The molecule has 0 unspecified atom stereocenters. The van der Waals surface area contributed by atoms with Crippen LogP contribution in [-0.4, -0.2) is 24.1 Å². The van der Waals surface area contributed by atoms with Crippen molar-refractivity contribution in [3.05, 3.63) is 0 Å². The quantitative estimate of drug-likeness (QED) is 0.432. The van der Waals surface area contributed by atoms with Crippen molar-refractivity contribution in [3.8, 4) is 0 Å². The number of rotatable bonds is 4. The predicted octanol–water partition coefficient (Wildman–Crippen LogP) is 1.16. The highest BCUT2D eigenvalue weighted by Gasteiger charge is 1.96. The lowest BCUT2D eigenvalue weighted by Gasteiger charge is -2.13. The average molecular weight is 127 g/mol. The Morgan fingerprint density at radius 3 is 1.89 bits per heavy atom. The van der Waals surface area contributed by atoms with Gasteiger partial charge in [-0.15, -0.1) is 0 Å². The Bertz CT molecular complexity index is 90.5. The summed E-state index contributed by atoms with van der Waals surface area (Å²) in [6, 6.07) is 0. The maximum absolute atomic E-state index is 6.80. The molecule has 0 bridgehead atoms. The van der Waals surface area contributed by atoms with Crippen LogP contribution in [0.5, 0.6) is 0 Å². The summed E-state index contributed by atoms with van der Waals surface area (Å²) in [7, 11) is 0. The molecule has 0 aromatic heterocycles. The number of nitrogens with one attached hydrogen (secondary N) is 2. The largest absolute Gasteiger partial charge is 0.324 e. The van der Waals surface area contributed by atoms with Crippen molar-refractivity contribution in [1.29, 1.82) is 10.8 Å². The van der Waals surface area contributed by atoms with Crippen LogP contribution < -0.4 is 0 Å². The molecule has 0 aromatic rings. The first-order valence-electron chi connectivity index (χ1n) is 2.97. The summed E-state index contributed by atoms with van der Waals surface area (Å²) in [6.45, 7) is 4.87. The highest BCUT2D eigenvalue weighted by Crippen LogP contribution is 1.92. The van der Waals surface area contributed by atoms with Gasteiger partial charge in [-0.05, 0) is 5.92 Å². The summed E-state index contributed by atoms with van der Waals surface area (Å²) >= 11 is 0. The lowest BCUT2D eigenvalue weighted by molar-refractivity contribution is 0.503. The molecular weight excluding hydrogens is 114 g/mol. The Balaban J connectivity index is 3.55. The van der Waals surface area contributed by atoms with Crippen LogP contribution in [0.25, 0.3) is 0 Å². The Labute approximate surface area is 55.7 Å². The van der Waals surface area contributed by atoms with E-state index in [4.69, 9.17) is 10.8 Å². The van der Waals surface area contributed by atoms with Gasteiger partial charge in [-0.25, -0.2) is 0 Å². The van der Waals surface area contributed by atoms with E-state index in [0.717, 1.165) is 19.2 Å². The van der Waals surface area contributed by atoms with E-state index >= 15 is 0 Å². The first kappa shape index (κ1) is 8.14. The van der Waals surface area contributed by atoms with Crippen LogP contribution in [0.4, 0.5) is 0 Å². The van der Waals surface area contributed by atoms with Crippen LogP contribution in [-0.2, 0) is 0 Å². The Morgan fingerprint density at radius 1 is 1.33 bits per heavy atom. The third-order valence-corrected chi connectivity index (χ3v) is 0.908. The van der Waals surface area contributed by atoms with Gasteiger partial charge in [0.2, 0.25) is 0 Å². The SMILES string of the molecule is CC(C)CN(C=N)C=N. The monoisotopic (exact) mass is 127 g/mol. The third-order valence-electron chi connectivity index (χ3n) is 0.908. The summed E-state index contributed by atoms with van der Waals surface area (Å²) in [5, 5.41) is 13.6. The zero-order valence-corrected chi connectivity index (χ0v) is 5.89. The Morgan fingerprint density at radius 2 is 1.78 bits per heavy atom. The van der Waals surface area contributed by atoms with Gasteiger partial charge in [-0.1, -0.05) is 13.8 Å². The standard InChI is InChI=1S/C6H13N3/c1-6(2)3-9(4-7)5-8/h4-8H,3H2,1-2H3. The molecule has 0 amide bonds. The van der Waals surface area contributed by atoms with E-state index in [1.807, 2.05) is 0 Å². The van der Waals surface area contributed by atoms with Gasteiger partial charge >= 0.3 is 0 Å². The normalized spacial score (nSPS) is 9.22. The first-order chi connectivity index (χ1) is 4.20. The van der Waals surface area contributed by atoms with Gasteiger partial charge < -0.3 is 4.90 Å². The van der Waals surface area contributed by atoms with Crippen molar-refractivity contribution in [3.63, 3.8) is 0 Å². The summed E-state index contributed by atoms with van der Waals surface area (Å²) in [5.74, 6) is 0.508. The van der Waals surface area contributed by atoms with Crippen molar-refractivity contribution in [1.82, 2.24) is 4.90 Å². The van der Waals surface area contributed by atoms with Gasteiger partial charge in [0.1, 0.15) is 0 Å². The van der Waals surface area contributed by atoms with Crippen LogP contribution in [0.15, 0.2) is 0 Å². The molecule has 3 nitrogen and oxygen atoms in total. The summed E-state index contributed by atoms with van der Waals surface area (Å²) in [5.41, 5.74) is 0. The maximum atomic E-state index is 6.80. The molecular formula is C6H13N3. The molecule has 0 rings (SSSR count). The van der Waals surface area contributed by atoms with Gasteiger partial charge in [-0.3, -0.25) is 10.8 Å². The fourth-order valence-electron chi connectivity index (χ4n) is 0.564. The molecule has 0 spiro atoms. The second-order valence-corrected chi connectivity index (χ2v) is 2.35. The average Bonchev–Trinajstić information content (AvgIpc) is 1.82. The van der Waals surface area contributed by atoms with E-state index in [-0.39, 0.29) is 0 Å². The highest BCUT2D eigenvalue weighted by atomic mass is 15.1. The van der Waals surface area contributed by atoms with Crippen molar-refractivity contribution in [2.24, 2.45) is 5.92 Å². The van der Waals surface area contributed by atoms with Crippen molar-refractivity contribution in [2.75, 3.05) is 6.54 Å². The number of hydrogen-bond acceptors (Lipinski definition) is 2. The molecule has 0 heterocycles. The third kappa shape index (κ3) is 3.70. The van der Waals surface area contributed by atoms with E-state index in [1.165, 1.54) is 4.90 Å². The molecule has 0 fully saturated rings. The molecule has 3 heteroatoms. The molecule has 0 aromatic carbocycles. The molecule has 0 atom stereocenters. The van der Waals surface area contributed by atoms with Gasteiger partial charge in [-0.2, -0.15) is 0 Å². The number of nitrogens with zero attached hydrogens (tertiary/aromatic N) is 1.